The van der Waals surface area contributed by atoms with E-state index < -0.39 is 0 Å². The van der Waals surface area contributed by atoms with Crippen LogP contribution in [0.1, 0.15) is 18.4 Å². The number of hydrogen-bond donors (Lipinski definition) is 1. The fourth-order valence-corrected chi connectivity index (χ4v) is 3.99. The van der Waals surface area contributed by atoms with Gasteiger partial charge in [-0.15, -0.1) is 0 Å². The molecule has 2 aromatic rings. The second kappa shape index (κ2) is 7.86. The summed E-state index contributed by atoms with van der Waals surface area (Å²) in [6.07, 6.45) is 2.35. The molecule has 0 bridgehead atoms. The lowest BCUT2D eigenvalue weighted by Gasteiger charge is -2.27. The van der Waals surface area contributed by atoms with Gasteiger partial charge in [-0.3, -0.25) is 0 Å². The minimum atomic E-state index is 0.270. The Balaban J connectivity index is 1.96. The molecule has 0 amide bonds. The molecule has 1 heterocycles. The zero-order valence-electron chi connectivity index (χ0n) is 14.9. The number of nitrogens with zero attached hydrogens (tertiary/aromatic N) is 1. The Morgan fingerprint density at radius 2 is 1.80 bits per heavy atom. The average molecular weight is 379 g/mol. The van der Waals surface area contributed by atoms with Gasteiger partial charge in [0.25, 0.3) is 0 Å². The number of ether oxygens (including phenoxy) is 1. The van der Waals surface area contributed by atoms with Gasteiger partial charge in [-0.1, -0.05) is 29.3 Å². The lowest BCUT2D eigenvalue weighted by molar-refractivity contribution is 0.163. The van der Waals surface area contributed by atoms with Crippen LogP contribution in [0.15, 0.2) is 30.3 Å². The maximum absolute atomic E-state index is 6.46. The summed E-state index contributed by atoms with van der Waals surface area (Å²) in [5, 5.41) is 4.70. The van der Waals surface area contributed by atoms with Gasteiger partial charge in [-0.25, -0.2) is 0 Å². The summed E-state index contributed by atoms with van der Waals surface area (Å²) in [5.41, 5.74) is 4.21. The van der Waals surface area contributed by atoms with Crippen LogP contribution in [-0.2, 0) is 0 Å². The lowest BCUT2D eigenvalue weighted by Crippen LogP contribution is -2.34. The molecule has 1 N–H and O–H groups in total. The predicted octanol–water partition coefficient (Wildman–Crippen LogP) is 5.17. The van der Waals surface area contributed by atoms with Crippen molar-refractivity contribution in [3.63, 3.8) is 0 Å². The smallest absolute Gasteiger partial charge is 0.143 e. The molecule has 3 rings (SSSR count). The number of anilines is 1. The molecule has 3 nitrogen and oxygen atoms in total. The van der Waals surface area contributed by atoms with Gasteiger partial charge in [-0.2, -0.15) is 0 Å². The summed E-state index contributed by atoms with van der Waals surface area (Å²) in [6.45, 7) is 4.06. The topological polar surface area (TPSA) is 24.5 Å². The van der Waals surface area contributed by atoms with E-state index in [1.165, 1.54) is 0 Å². The van der Waals surface area contributed by atoms with E-state index in [1.807, 2.05) is 27.1 Å². The van der Waals surface area contributed by atoms with E-state index in [0.717, 1.165) is 54.1 Å². The monoisotopic (exact) mass is 378 g/mol. The number of rotatable bonds is 4. The molecule has 0 aromatic heterocycles. The fraction of sp³-hybridized carbons (Fsp3) is 0.400. The van der Waals surface area contributed by atoms with Crippen molar-refractivity contribution in [3.8, 4) is 16.9 Å². The molecular formula is C20H24Cl2N2O. The van der Waals surface area contributed by atoms with Crippen molar-refractivity contribution >= 4 is 28.9 Å². The van der Waals surface area contributed by atoms with Crippen molar-refractivity contribution in [2.45, 2.75) is 25.9 Å². The minimum absolute atomic E-state index is 0.270. The predicted molar refractivity (Wildman–Crippen MR) is 107 cm³/mol. The van der Waals surface area contributed by atoms with Gasteiger partial charge < -0.3 is 15.0 Å². The van der Waals surface area contributed by atoms with Gasteiger partial charge >= 0.3 is 0 Å². The Hall–Kier alpha value is -1.42. The zero-order chi connectivity index (χ0) is 18.0. The third-order valence-corrected chi connectivity index (χ3v) is 5.08. The molecule has 0 aliphatic carbocycles. The third-order valence-electron chi connectivity index (χ3n) is 4.56. The van der Waals surface area contributed by atoms with Crippen LogP contribution < -0.4 is 15.0 Å². The van der Waals surface area contributed by atoms with Gasteiger partial charge in [0.15, 0.2) is 0 Å². The summed E-state index contributed by atoms with van der Waals surface area (Å²) in [7, 11) is 4.06. The van der Waals surface area contributed by atoms with Crippen molar-refractivity contribution in [3.05, 3.63) is 45.9 Å². The standard InChI is InChI=1S/C20H24Cl2N2O/c1-13-10-15(21)12-17(22)20(13)14-4-5-19(18(11-14)24(2)3)25-16-6-8-23-9-7-16/h4-5,10-12,16,23H,6-9H2,1-3H3. The van der Waals surface area contributed by atoms with Gasteiger partial charge in [0.1, 0.15) is 11.9 Å². The normalized spacial score (nSPS) is 15.2. The average Bonchev–Trinajstić information content (AvgIpc) is 2.56. The largest absolute Gasteiger partial charge is 0.488 e. The van der Waals surface area contributed by atoms with Gasteiger partial charge in [0, 0.05) is 24.7 Å². The number of hydrogen-bond acceptors (Lipinski definition) is 3. The number of piperidine rings is 1. The van der Waals surface area contributed by atoms with E-state index in [9.17, 15) is 0 Å². The molecule has 5 heteroatoms. The molecule has 0 spiro atoms. The molecule has 0 unspecified atom stereocenters. The van der Waals surface area contributed by atoms with E-state index in [2.05, 4.69) is 28.4 Å². The number of halogens is 2. The number of benzene rings is 2. The fourth-order valence-electron chi connectivity index (χ4n) is 3.28. The van der Waals surface area contributed by atoms with Crippen molar-refractivity contribution in [1.82, 2.24) is 5.32 Å². The van der Waals surface area contributed by atoms with Crippen LogP contribution in [0, 0.1) is 6.92 Å². The van der Waals surface area contributed by atoms with Crippen LogP contribution >= 0.6 is 23.2 Å². The molecular weight excluding hydrogens is 355 g/mol. The van der Waals surface area contributed by atoms with Crippen molar-refractivity contribution in [2.75, 3.05) is 32.1 Å². The molecule has 134 valence electrons. The van der Waals surface area contributed by atoms with E-state index in [-0.39, 0.29) is 6.10 Å². The van der Waals surface area contributed by atoms with Gasteiger partial charge in [0.05, 0.1) is 10.7 Å². The molecule has 1 aliphatic heterocycles. The summed E-state index contributed by atoms with van der Waals surface area (Å²) in [6, 6.07) is 10.00. The highest BCUT2D eigenvalue weighted by atomic mass is 35.5. The molecule has 25 heavy (non-hydrogen) atoms. The highest BCUT2D eigenvalue weighted by Gasteiger charge is 2.18. The van der Waals surface area contributed by atoms with Crippen molar-refractivity contribution < 1.29 is 4.74 Å². The minimum Gasteiger partial charge on any atom is -0.488 e. The van der Waals surface area contributed by atoms with Crippen LogP contribution in [0.2, 0.25) is 10.0 Å². The maximum Gasteiger partial charge on any atom is 0.143 e. The van der Waals surface area contributed by atoms with E-state index >= 15 is 0 Å². The number of nitrogens with one attached hydrogen (secondary N) is 1. The first-order valence-corrected chi connectivity index (χ1v) is 9.36. The lowest BCUT2D eigenvalue weighted by atomic mass is 9.99. The van der Waals surface area contributed by atoms with Crippen molar-refractivity contribution in [2.24, 2.45) is 0 Å². The zero-order valence-corrected chi connectivity index (χ0v) is 16.4. The summed E-state index contributed by atoms with van der Waals surface area (Å²) >= 11 is 12.6. The van der Waals surface area contributed by atoms with E-state index in [0.29, 0.717) is 10.0 Å². The highest BCUT2D eigenvalue weighted by Crippen LogP contribution is 2.38. The molecule has 1 saturated heterocycles. The van der Waals surface area contributed by atoms with E-state index in [1.54, 1.807) is 6.07 Å². The van der Waals surface area contributed by atoms with Crippen LogP contribution in [0.5, 0.6) is 5.75 Å². The van der Waals surface area contributed by atoms with Crippen LogP contribution in [0.25, 0.3) is 11.1 Å². The summed E-state index contributed by atoms with van der Waals surface area (Å²) in [4.78, 5) is 2.08. The highest BCUT2D eigenvalue weighted by molar-refractivity contribution is 6.36. The second-order valence-electron chi connectivity index (χ2n) is 6.72. The van der Waals surface area contributed by atoms with Gasteiger partial charge in [0.2, 0.25) is 0 Å². The van der Waals surface area contributed by atoms with Crippen LogP contribution in [0.4, 0.5) is 5.69 Å². The van der Waals surface area contributed by atoms with Crippen molar-refractivity contribution in [1.29, 1.82) is 0 Å². The quantitative estimate of drug-likeness (QED) is 0.794. The molecule has 0 radical (unpaired) electrons. The molecule has 1 fully saturated rings. The summed E-state index contributed by atoms with van der Waals surface area (Å²) in [5.74, 6) is 0.920. The third kappa shape index (κ3) is 4.22. The maximum atomic E-state index is 6.46. The Morgan fingerprint density at radius 3 is 2.44 bits per heavy atom. The van der Waals surface area contributed by atoms with E-state index in [4.69, 9.17) is 27.9 Å². The first kappa shape index (κ1) is 18.4. The molecule has 0 atom stereocenters. The SMILES string of the molecule is Cc1cc(Cl)cc(Cl)c1-c1ccc(OC2CCNCC2)c(N(C)C)c1. The first-order chi connectivity index (χ1) is 12.0. The molecule has 1 aliphatic rings. The summed E-state index contributed by atoms with van der Waals surface area (Å²) < 4.78 is 6.28. The Morgan fingerprint density at radius 1 is 1.08 bits per heavy atom. The first-order valence-electron chi connectivity index (χ1n) is 8.60. The second-order valence-corrected chi connectivity index (χ2v) is 7.57. The Kier molecular flexibility index (Phi) is 5.78. The Labute approximate surface area is 159 Å². The molecule has 2 aromatic carbocycles. The van der Waals surface area contributed by atoms with Crippen LogP contribution in [0.3, 0.4) is 0 Å². The molecule has 0 saturated carbocycles. The van der Waals surface area contributed by atoms with Gasteiger partial charge in [-0.05, 0) is 68.2 Å². The Bertz CT molecular complexity index is 732. The van der Waals surface area contributed by atoms with Crippen LogP contribution in [-0.4, -0.2) is 33.3 Å². The number of aryl methyl sites for hydroxylation is 1.